The van der Waals surface area contributed by atoms with Gasteiger partial charge in [0.2, 0.25) is 0 Å². The van der Waals surface area contributed by atoms with Gasteiger partial charge < -0.3 is 10.6 Å². The molecule has 1 amide bonds. The van der Waals surface area contributed by atoms with Crippen LogP contribution in [-0.2, 0) is 6.42 Å². The second-order valence-corrected chi connectivity index (χ2v) is 6.81. The lowest BCUT2D eigenvalue weighted by Crippen LogP contribution is -2.25. The molecule has 0 saturated carbocycles. The first-order valence-corrected chi connectivity index (χ1v) is 9.67. The van der Waals surface area contributed by atoms with E-state index in [1.165, 1.54) is 5.56 Å². The summed E-state index contributed by atoms with van der Waals surface area (Å²) < 4.78 is 0. The number of carbonyl (C=O) groups is 1. The lowest BCUT2D eigenvalue weighted by molar-refractivity contribution is 0.0953. The fourth-order valence-electron chi connectivity index (χ4n) is 3.23. The van der Waals surface area contributed by atoms with Crippen molar-refractivity contribution in [3.8, 4) is 0 Å². The number of para-hydroxylation sites is 1. The Bertz CT molecular complexity index is 1110. The van der Waals surface area contributed by atoms with Crippen LogP contribution < -0.4 is 10.6 Å². The molecule has 0 bridgehead atoms. The van der Waals surface area contributed by atoms with Gasteiger partial charge in [-0.1, -0.05) is 48.5 Å². The number of fused-ring (bicyclic) bond motifs is 1. The van der Waals surface area contributed by atoms with E-state index in [1.54, 1.807) is 24.7 Å². The number of hydrogen-bond acceptors (Lipinski definition) is 4. The maximum Gasteiger partial charge on any atom is 0.252 e. The summed E-state index contributed by atoms with van der Waals surface area (Å²) in [5.41, 5.74) is 4.32. The zero-order valence-corrected chi connectivity index (χ0v) is 16.0. The van der Waals surface area contributed by atoms with Crippen molar-refractivity contribution >= 4 is 28.2 Å². The van der Waals surface area contributed by atoms with Gasteiger partial charge in [-0.2, -0.15) is 0 Å². The normalized spacial score (nSPS) is 10.6. The van der Waals surface area contributed by atoms with Crippen molar-refractivity contribution in [2.45, 2.75) is 12.8 Å². The van der Waals surface area contributed by atoms with Gasteiger partial charge in [0.25, 0.3) is 5.91 Å². The van der Waals surface area contributed by atoms with Gasteiger partial charge in [0, 0.05) is 24.3 Å². The zero-order valence-electron chi connectivity index (χ0n) is 16.0. The summed E-state index contributed by atoms with van der Waals surface area (Å²) in [6.45, 7) is 0.624. The number of nitrogens with one attached hydrogen (secondary N) is 2. The van der Waals surface area contributed by atoms with Crippen LogP contribution in [0.2, 0.25) is 0 Å². The Morgan fingerprint density at radius 1 is 0.931 bits per heavy atom. The molecule has 0 saturated heterocycles. The molecule has 29 heavy (non-hydrogen) atoms. The molecule has 4 aromatic rings. The van der Waals surface area contributed by atoms with Crippen LogP contribution in [0.1, 0.15) is 22.3 Å². The van der Waals surface area contributed by atoms with Crippen LogP contribution in [0.3, 0.4) is 0 Å². The van der Waals surface area contributed by atoms with Crippen molar-refractivity contribution in [2.24, 2.45) is 0 Å². The van der Waals surface area contributed by atoms with Gasteiger partial charge in [0.15, 0.2) is 0 Å². The highest BCUT2D eigenvalue weighted by molar-refractivity contribution is 5.96. The predicted octanol–water partition coefficient (Wildman–Crippen LogP) is 4.74. The van der Waals surface area contributed by atoms with E-state index in [-0.39, 0.29) is 5.91 Å². The molecule has 0 unspecified atom stereocenters. The number of hydrogen-bond donors (Lipinski definition) is 2. The number of nitrogens with zero attached hydrogens (tertiary/aromatic N) is 2. The summed E-state index contributed by atoms with van der Waals surface area (Å²) in [6, 6.07) is 22.0. The van der Waals surface area contributed by atoms with E-state index in [1.807, 2.05) is 48.5 Å². The van der Waals surface area contributed by atoms with Gasteiger partial charge >= 0.3 is 0 Å². The van der Waals surface area contributed by atoms with Crippen molar-refractivity contribution in [1.29, 1.82) is 0 Å². The minimum absolute atomic E-state index is 0.120. The summed E-state index contributed by atoms with van der Waals surface area (Å²) >= 11 is 0. The van der Waals surface area contributed by atoms with Crippen LogP contribution in [0.15, 0.2) is 85.3 Å². The molecular weight excluding hydrogens is 360 g/mol. The molecule has 2 heterocycles. The second-order valence-electron chi connectivity index (χ2n) is 6.81. The second kappa shape index (κ2) is 8.97. The number of aromatic nitrogens is 2. The van der Waals surface area contributed by atoms with E-state index in [9.17, 15) is 4.79 Å². The van der Waals surface area contributed by atoms with Crippen LogP contribution in [0, 0.1) is 0 Å². The van der Waals surface area contributed by atoms with E-state index < -0.39 is 0 Å². The molecule has 0 fully saturated rings. The molecule has 5 heteroatoms. The van der Waals surface area contributed by atoms with Gasteiger partial charge in [0.05, 0.1) is 28.7 Å². The van der Waals surface area contributed by atoms with E-state index >= 15 is 0 Å². The number of pyridine rings is 2. The predicted molar refractivity (Wildman–Crippen MR) is 116 cm³/mol. The summed E-state index contributed by atoms with van der Waals surface area (Å²) in [7, 11) is 0. The molecule has 4 rings (SSSR count). The summed E-state index contributed by atoms with van der Waals surface area (Å²) in [6.07, 6.45) is 6.88. The molecule has 2 aromatic carbocycles. The number of amides is 1. The molecule has 144 valence electrons. The molecule has 0 aliphatic heterocycles. The lowest BCUT2D eigenvalue weighted by Gasteiger charge is -2.10. The van der Waals surface area contributed by atoms with E-state index in [4.69, 9.17) is 0 Å². The molecular formula is C24H22N4O. The van der Waals surface area contributed by atoms with Gasteiger partial charge in [-0.05, 0) is 36.6 Å². The number of benzene rings is 2. The van der Waals surface area contributed by atoms with E-state index in [2.05, 4.69) is 32.7 Å². The van der Waals surface area contributed by atoms with Crippen LogP contribution >= 0.6 is 0 Å². The van der Waals surface area contributed by atoms with Gasteiger partial charge in [0.1, 0.15) is 0 Å². The fourth-order valence-corrected chi connectivity index (χ4v) is 3.23. The van der Waals surface area contributed by atoms with Crippen molar-refractivity contribution in [2.75, 3.05) is 11.9 Å². The van der Waals surface area contributed by atoms with Crippen LogP contribution in [0.5, 0.6) is 0 Å². The summed E-state index contributed by atoms with van der Waals surface area (Å²) in [4.78, 5) is 21.1. The highest BCUT2D eigenvalue weighted by Gasteiger charge is 2.08. The third-order valence-corrected chi connectivity index (χ3v) is 4.68. The van der Waals surface area contributed by atoms with Gasteiger partial charge in [-0.15, -0.1) is 0 Å². The maximum absolute atomic E-state index is 12.5. The average Bonchev–Trinajstić information content (AvgIpc) is 2.78. The summed E-state index contributed by atoms with van der Waals surface area (Å²) in [5.74, 6) is -0.120. The monoisotopic (exact) mass is 382 g/mol. The average molecular weight is 382 g/mol. The minimum atomic E-state index is -0.120. The first-order valence-electron chi connectivity index (χ1n) is 9.67. The van der Waals surface area contributed by atoms with Gasteiger partial charge in [-0.25, -0.2) is 0 Å². The number of aryl methyl sites for hydroxylation is 1. The highest BCUT2D eigenvalue weighted by Crippen LogP contribution is 2.24. The van der Waals surface area contributed by atoms with E-state index in [0.29, 0.717) is 12.1 Å². The van der Waals surface area contributed by atoms with E-state index in [0.717, 1.165) is 35.1 Å². The molecule has 0 spiro atoms. The fraction of sp³-hybridized carbons (Fsp3) is 0.125. The van der Waals surface area contributed by atoms with Crippen molar-refractivity contribution < 1.29 is 4.79 Å². The molecule has 0 aliphatic rings. The lowest BCUT2D eigenvalue weighted by atomic mass is 10.1. The van der Waals surface area contributed by atoms with Crippen LogP contribution in [0.4, 0.5) is 11.4 Å². The number of anilines is 2. The molecule has 5 nitrogen and oxygen atoms in total. The Balaban J connectivity index is 1.38. The van der Waals surface area contributed by atoms with Gasteiger partial charge in [-0.3, -0.25) is 14.8 Å². The minimum Gasteiger partial charge on any atom is -0.352 e. The topological polar surface area (TPSA) is 66.9 Å². The maximum atomic E-state index is 12.5. The molecule has 0 radical (unpaired) electrons. The first kappa shape index (κ1) is 18.6. The summed E-state index contributed by atoms with van der Waals surface area (Å²) in [5, 5.41) is 7.35. The Hall–Kier alpha value is -3.73. The third-order valence-electron chi connectivity index (χ3n) is 4.68. The SMILES string of the molecule is O=C(NCCCc1ccccc1)c1cncc(Nc2cccc3cccnc23)c1. The molecule has 0 aliphatic carbocycles. The quantitative estimate of drug-likeness (QED) is 0.453. The third kappa shape index (κ3) is 4.76. The Kier molecular flexibility index (Phi) is 5.76. The largest absolute Gasteiger partial charge is 0.352 e. The van der Waals surface area contributed by atoms with Crippen LogP contribution in [-0.4, -0.2) is 22.4 Å². The Morgan fingerprint density at radius 3 is 2.69 bits per heavy atom. The highest BCUT2D eigenvalue weighted by atomic mass is 16.1. The molecule has 2 aromatic heterocycles. The standard InChI is InChI=1S/C24H22N4O/c29-24(27-14-5-9-18-7-2-1-3-8-18)20-15-21(17-25-16-20)28-22-12-4-10-19-11-6-13-26-23(19)22/h1-4,6-8,10-13,15-17,28H,5,9,14H2,(H,27,29). The van der Waals surface area contributed by atoms with Crippen molar-refractivity contribution in [3.63, 3.8) is 0 Å². The Labute approximate surface area is 169 Å². The van der Waals surface area contributed by atoms with Crippen molar-refractivity contribution in [1.82, 2.24) is 15.3 Å². The smallest absolute Gasteiger partial charge is 0.252 e. The van der Waals surface area contributed by atoms with Crippen LogP contribution in [0.25, 0.3) is 10.9 Å². The Morgan fingerprint density at radius 2 is 1.79 bits per heavy atom. The number of rotatable bonds is 7. The zero-order chi connectivity index (χ0) is 19.9. The first-order chi connectivity index (χ1) is 14.3. The van der Waals surface area contributed by atoms with Crippen molar-refractivity contribution in [3.05, 3.63) is 96.4 Å². The number of carbonyl (C=O) groups excluding carboxylic acids is 1. The molecule has 0 atom stereocenters. The molecule has 2 N–H and O–H groups in total.